The summed E-state index contributed by atoms with van der Waals surface area (Å²) in [6.45, 7) is 4.73. The summed E-state index contributed by atoms with van der Waals surface area (Å²) in [5.41, 5.74) is 8.36. The molecule has 0 spiro atoms. The zero-order valence-corrected chi connectivity index (χ0v) is 11.1. The quantitative estimate of drug-likeness (QED) is 0.861. The van der Waals surface area contributed by atoms with Gasteiger partial charge in [0, 0.05) is 25.5 Å². The van der Waals surface area contributed by atoms with Crippen molar-refractivity contribution < 1.29 is 4.79 Å². The summed E-state index contributed by atoms with van der Waals surface area (Å²) in [6, 6.07) is 3.73. The number of anilines is 1. The molecule has 0 fully saturated rings. The molecule has 2 heterocycles. The average molecular weight is 259 g/mol. The highest BCUT2D eigenvalue weighted by Gasteiger charge is 2.18. The van der Waals surface area contributed by atoms with Crippen LogP contribution in [0.15, 0.2) is 24.5 Å². The van der Waals surface area contributed by atoms with E-state index in [2.05, 4.69) is 15.4 Å². The van der Waals surface area contributed by atoms with Gasteiger partial charge in [-0.25, -0.2) is 0 Å². The molecule has 0 aliphatic heterocycles. The van der Waals surface area contributed by atoms with Gasteiger partial charge in [0.05, 0.1) is 11.4 Å². The molecule has 6 heteroatoms. The third kappa shape index (κ3) is 2.73. The second-order valence-electron chi connectivity index (χ2n) is 4.21. The van der Waals surface area contributed by atoms with Gasteiger partial charge in [0.1, 0.15) is 5.69 Å². The Morgan fingerprint density at radius 2 is 2.32 bits per heavy atom. The number of carbonyl (C=O) groups is 1. The number of carbonyl (C=O) groups excluding carboxylic acids is 1. The van der Waals surface area contributed by atoms with E-state index in [4.69, 9.17) is 5.73 Å². The fraction of sp³-hybridized carbons (Fsp3) is 0.308. The van der Waals surface area contributed by atoms with Crippen LogP contribution in [0.25, 0.3) is 0 Å². The summed E-state index contributed by atoms with van der Waals surface area (Å²) < 4.78 is 1.61. The summed E-state index contributed by atoms with van der Waals surface area (Å²) in [7, 11) is 0. The largest absolute Gasteiger partial charge is 0.395 e. The van der Waals surface area contributed by atoms with Gasteiger partial charge in [-0.15, -0.1) is 0 Å². The summed E-state index contributed by atoms with van der Waals surface area (Å²) in [5.74, 6) is -0.219. The molecule has 0 aromatic carbocycles. The zero-order valence-electron chi connectivity index (χ0n) is 11.1. The lowest BCUT2D eigenvalue weighted by atomic mass is 10.2. The summed E-state index contributed by atoms with van der Waals surface area (Å²) in [6.07, 6.45) is 3.41. The number of pyridine rings is 1. The summed E-state index contributed by atoms with van der Waals surface area (Å²) in [4.78, 5) is 16.2. The van der Waals surface area contributed by atoms with E-state index in [9.17, 15) is 4.79 Å². The van der Waals surface area contributed by atoms with Crippen molar-refractivity contribution in [1.82, 2.24) is 20.1 Å². The lowest BCUT2D eigenvalue weighted by Gasteiger charge is -2.07. The van der Waals surface area contributed by atoms with E-state index >= 15 is 0 Å². The lowest BCUT2D eigenvalue weighted by Crippen LogP contribution is -2.26. The second kappa shape index (κ2) is 5.51. The number of nitrogens with two attached hydrogens (primary N) is 1. The van der Waals surface area contributed by atoms with Gasteiger partial charge in [0.2, 0.25) is 0 Å². The maximum atomic E-state index is 12.2. The number of hydrogen-bond donors (Lipinski definition) is 2. The standard InChI is InChI=1S/C13H17N5O/c1-3-18-12(11(14)9(2)17-18)13(19)16-8-10-5-4-6-15-7-10/h4-7H,3,8,14H2,1-2H3,(H,16,19). The van der Waals surface area contributed by atoms with Crippen molar-refractivity contribution in [2.24, 2.45) is 0 Å². The van der Waals surface area contributed by atoms with Crippen molar-refractivity contribution in [3.05, 3.63) is 41.5 Å². The predicted molar refractivity (Wildman–Crippen MR) is 72.5 cm³/mol. The number of nitrogen functional groups attached to an aromatic ring is 1. The number of rotatable bonds is 4. The Labute approximate surface area is 111 Å². The Hall–Kier alpha value is -2.37. The number of aromatic nitrogens is 3. The SMILES string of the molecule is CCn1nc(C)c(N)c1C(=O)NCc1cccnc1. The van der Waals surface area contributed by atoms with Crippen LogP contribution in [0.5, 0.6) is 0 Å². The van der Waals surface area contributed by atoms with Crippen LogP contribution >= 0.6 is 0 Å². The van der Waals surface area contributed by atoms with E-state index in [1.807, 2.05) is 19.1 Å². The van der Waals surface area contributed by atoms with Crippen LogP contribution in [0.3, 0.4) is 0 Å². The van der Waals surface area contributed by atoms with Crippen molar-refractivity contribution in [2.45, 2.75) is 26.9 Å². The number of nitrogens with one attached hydrogen (secondary N) is 1. The number of nitrogens with zero attached hydrogens (tertiary/aromatic N) is 3. The van der Waals surface area contributed by atoms with E-state index in [1.165, 1.54) is 0 Å². The molecule has 0 aliphatic rings. The molecule has 0 radical (unpaired) electrons. The van der Waals surface area contributed by atoms with Crippen LogP contribution in [0, 0.1) is 6.92 Å². The molecule has 2 rings (SSSR count). The van der Waals surface area contributed by atoms with Gasteiger partial charge in [-0.05, 0) is 25.5 Å². The molecule has 3 N–H and O–H groups in total. The Bertz CT molecular complexity index is 576. The van der Waals surface area contributed by atoms with Crippen LogP contribution < -0.4 is 11.1 Å². The molecule has 2 aromatic heterocycles. The third-order valence-electron chi connectivity index (χ3n) is 2.86. The Balaban J connectivity index is 2.12. The van der Waals surface area contributed by atoms with Gasteiger partial charge in [0.15, 0.2) is 0 Å². The van der Waals surface area contributed by atoms with Gasteiger partial charge in [-0.3, -0.25) is 14.5 Å². The van der Waals surface area contributed by atoms with Crippen LogP contribution in [0.2, 0.25) is 0 Å². The molecular formula is C13H17N5O. The van der Waals surface area contributed by atoms with Crippen LogP contribution in [0.1, 0.15) is 28.7 Å². The van der Waals surface area contributed by atoms with E-state index < -0.39 is 0 Å². The van der Waals surface area contributed by atoms with Crippen molar-refractivity contribution in [1.29, 1.82) is 0 Å². The third-order valence-corrected chi connectivity index (χ3v) is 2.86. The van der Waals surface area contributed by atoms with Gasteiger partial charge in [-0.2, -0.15) is 5.10 Å². The Morgan fingerprint density at radius 1 is 1.53 bits per heavy atom. The van der Waals surface area contributed by atoms with Crippen LogP contribution in [-0.2, 0) is 13.1 Å². The predicted octanol–water partition coefficient (Wildman–Crippen LogP) is 1.12. The number of aryl methyl sites for hydroxylation is 2. The van der Waals surface area contributed by atoms with Gasteiger partial charge < -0.3 is 11.1 Å². The van der Waals surface area contributed by atoms with Crippen molar-refractivity contribution >= 4 is 11.6 Å². The topological polar surface area (TPSA) is 85.8 Å². The van der Waals surface area contributed by atoms with Gasteiger partial charge in [-0.1, -0.05) is 6.07 Å². The summed E-state index contributed by atoms with van der Waals surface area (Å²) in [5, 5.41) is 7.05. The first-order valence-corrected chi connectivity index (χ1v) is 6.13. The molecular weight excluding hydrogens is 242 g/mol. The van der Waals surface area contributed by atoms with Crippen molar-refractivity contribution in [2.75, 3.05) is 5.73 Å². The molecule has 0 atom stereocenters. The second-order valence-corrected chi connectivity index (χ2v) is 4.21. The minimum atomic E-state index is -0.219. The summed E-state index contributed by atoms with van der Waals surface area (Å²) >= 11 is 0. The first-order valence-electron chi connectivity index (χ1n) is 6.13. The molecule has 2 aromatic rings. The molecule has 0 bridgehead atoms. The van der Waals surface area contributed by atoms with Crippen LogP contribution in [0.4, 0.5) is 5.69 Å². The molecule has 0 saturated heterocycles. The molecule has 100 valence electrons. The molecule has 19 heavy (non-hydrogen) atoms. The minimum absolute atomic E-state index is 0.219. The molecule has 6 nitrogen and oxygen atoms in total. The Kier molecular flexibility index (Phi) is 3.79. The fourth-order valence-electron chi connectivity index (χ4n) is 1.83. The van der Waals surface area contributed by atoms with Crippen LogP contribution in [-0.4, -0.2) is 20.7 Å². The smallest absolute Gasteiger partial charge is 0.271 e. The van der Waals surface area contributed by atoms with Crippen molar-refractivity contribution in [3.63, 3.8) is 0 Å². The zero-order chi connectivity index (χ0) is 13.8. The van der Waals surface area contributed by atoms with E-state index in [0.29, 0.717) is 30.2 Å². The molecule has 1 amide bonds. The maximum Gasteiger partial charge on any atom is 0.271 e. The monoisotopic (exact) mass is 259 g/mol. The first-order chi connectivity index (χ1) is 9.13. The highest BCUT2D eigenvalue weighted by molar-refractivity contribution is 5.97. The van der Waals surface area contributed by atoms with E-state index in [0.717, 1.165) is 5.56 Å². The average Bonchev–Trinajstić information content (AvgIpc) is 2.73. The number of hydrogen-bond acceptors (Lipinski definition) is 4. The molecule has 0 saturated carbocycles. The maximum absolute atomic E-state index is 12.2. The molecule has 0 aliphatic carbocycles. The number of amides is 1. The van der Waals surface area contributed by atoms with Crippen molar-refractivity contribution in [3.8, 4) is 0 Å². The first kappa shape index (κ1) is 13.1. The Morgan fingerprint density at radius 3 is 2.95 bits per heavy atom. The van der Waals surface area contributed by atoms with Gasteiger partial charge >= 0.3 is 0 Å². The molecule has 0 unspecified atom stereocenters. The highest BCUT2D eigenvalue weighted by atomic mass is 16.2. The fourth-order valence-corrected chi connectivity index (χ4v) is 1.83. The van der Waals surface area contributed by atoms with Gasteiger partial charge in [0.25, 0.3) is 5.91 Å². The minimum Gasteiger partial charge on any atom is -0.395 e. The van der Waals surface area contributed by atoms with E-state index in [-0.39, 0.29) is 5.91 Å². The highest BCUT2D eigenvalue weighted by Crippen LogP contribution is 2.16. The lowest BCUT2D eigenvalue weighted by molar-refractivity contribution is 0.0941. The van der Waals surface area contributed by atoms with E-state index in [1.54, 1.807) is 24.0 Å². The normalized spacial score (nSPS) is 10.4.